The van der Waals surface area contributed by atoms with Crippen LogP contribution in [0.1, 0.15) is 21.5 Å². The van der Waals surface area contributed by atoms with Gasteiger partial charge >= 0.3 is 0 Å². The summed E-state index contributed by atoms with van der Waals surface area (Å²) in [6.07, 6.45) is 1.48. The van der Waals surface area contributed by atoms with Crippen molar-refractivity contribution in [3.05, 3.63) is 85.8 Å². The molecule has 9 heteroatoms. The average molecular weight is 538 g/mol. The molecule has 0 aliphatic heterocycles. The molecule has 0 heterocycles. The van der Waals surface area contributed by atoms with Crippen molar-refractivity contribution in [1.29, 1.82) is 0 Å². The first-order valence-electron chi connectivity index (χ1n) is 9.33. The quantitative estimate of drug-likeness (QED) is 0.278. The molecule has 1 amide bonds. The highest BCUT2D eigenvalue weighted by atomic mass is 79.9. The van der Waals surface area contributed by atoms with Gasteiger partial charge in [0.1, 0.15) is 12.4 Å². The summed E-state index contributed by atoms with van der Waals surface area (Å²) in [6.45, 7) is 0.236. The Morgan fingerprint density at radius 3 is 2.53 bits per heavy atom. The van der Waals surface area contributed by atoms with E-state index in [2.05, 4.69) is 26.5 Å². The van der Waals surface area contributed by atoms with Gasteiger partial charge in [0.15, 0.2) is 11.5 Å². The number of ether oxygens (including phenoxy) is 3. The molecule has 0 fully saturated rings. The molecule has 3 aromatic carbocycles. The molecule has 0 bridgehead atoms. The second kappa shape index (κ2) is 11.2. The molecule has 0 radical (unpaired) electrons. The van der Waals surface area contributed by atoms with Gasteiger partial charge in [-0.3, -0.25) is 4.79 Å². The maximum absolute atomic E-state index is 12.5. The molecule has 6 nitrogen and oxygen atoms in total. The van der Waals surface area contributed by atoms with Gasteiger partial charge in [-0.15, -0.1) is 0 Å². The number of nitrogens with zero attached hydrogens (tertiary/aromatic N) is 1. The number of carbonyl (C=O) groups is 1. The number of benzene rings is 3. The fourth-order valence-corrected chi connectivity index (χ4v) is 3.49. The largest absolute Gasteiger partial charge is 0.496 e. The molecule has 0 atom stereocenters. The Bertz CT molecular complexity index is 1150. The second-order valence-corrected chi connectivity index (χ2v) is 8.19. The van der Waals surface area contributed by atoms with E-state index in [0.717, 1.165) is 10.0 Å². The third kappa shape index (κ3) is 5.94. The van der Waals surface area contributed by atoms with Crippen molar-refractivity contribution in [1.82, 2.24) is 5.43 Å². The summed E-state index contributed by atoms with van der Waals surface area (Å²) in [4.78, 5) is 12.5. The normalized spacial score (nSPS) is 10.8. The Morgan fingerprint density at radius 2 is 1.81 bits per heavy atom. The van der Waals surface area contributed by atoms with Crippen molar-refractivity contribution < 1.29 is 19.0 Å². The van der Waals surface area contributed by atoms with Crippen LogP contribution in [0.15, 0.2) is 64.2 Å². The number of para-hydroxylation sites is 1. The average Bonchev–Trinajstić information content (AvgIpc) is 2.80. The number of hydrogen-bond acceptors (Lipinski definition) is 5. The lowest BCUT2D eigenvalue weighted by atomic mass is 10.2. The molecule has 1 N–H and O–H groups in total. The molecule has 0 aliphatic carbocycles. The molecule has 0 saturated carbocycles. The summed E-state index contributed by atoms with van der Waals surface area (Å²) in [7, 11) is 3.04. The van der Waals surface area contributed by atoms with Gasteiger partial charge in [-0.2, -0.15) is 5.10 Å². The van der Waals surface area contributed by atoms with Crippen LogP contribution in [-0.4, -0.2) is 26.3 Å². The number of hydrazone groups is 1. The summed E-state index contributed by atoms with van der Waals surface area (Å²) >= 11 is 15.4. The van der Waals surface area contributed by atoms with Crippen molar-refractivity contribution in [2.24, 2.45) is 5.10 Å². The fraction of sp³-hybridized carbons (Fsp3) is 0.130. The molecule has 0 saturated heterocycles. The van der Waals surface area contributed by atoms with E-state index in [1.165, 1.54) is 13.3 Å². The first kappa shape index (κ1) is 23.9. The van der Waals surface area contributed by atoms with E-state index in [4.69, 9.17) is 37.4 Å². The van der Waals surface area contributed by atoms with Crippen LogP contribution in [-0.2, 0) is 6.61 Å². The number of methoxy groups -OCH3 is 2. The Hall–Kier alpha value is -2.74. The van der Waals surface area contributed by atoms with Crippen LogP contribution in [0.25, 0.3) is 0 Å². The minimum absolute atomic E-state index is 0.236. The lowest BCUT2D eigenvalue weighted by molar-refractivity contribution is 0.0952. The van der Waals surface area contributed by atoms with Gasteiger partial charge in [0.2, 0.25) is 0 Å². The minimum atomic E-state index is -0.416. The van der Waals surface area contributed by atoms with Crippen LogP contribution in [0.2, 0.25) is 10.0 Å². The minimum Gasteiger partial charge on any atom is -0.496 e. The number of carbonyl (C=O) groups excluding carboxylic acids is 1. The number of nitrogens with one attached hydrogen (secondary N) is 1. The first-order valence-corrected chi connectivity index (χ1v) is 10.9. The highest BCUT2D eigenvalue weighted by Crippen LogP contribution is 2.31. The third-order valence-corrected chi connectivity index (χ3v) is 5.60. The van der Waals surface area contributed by atoms with E-state index in [1.54, 1.807) is 55.6 Å². The van der Waals surface area contributed by atoms with E-state index < -0.39 is 5.91 Å². The number of rotatable bonds is 8. The van der Waals surface area contributed by atoms with Crippen molar-refractivity contribution in [2.45, 2.75) is 6.61 Å². The summed E-state index contributed by atoms with van der Waals surface area (Å²) < 4.78 is 17.4. The predicted molar refractivity (Wildman–Crippen MR) is 130 cm³/mol. The molecular weight excluding hydrogens is 519 g/mol. The summed E-state index contributed by atoms with van der Waals surface area (Å²) in [5.74, 6) is 1.02. The van der Waals surface area contributed by atoms with E-state index in [9.17, 15) is 4.79 Å². The zero-order valence-electron chi connectivity index (χ0n) is 17.2. The maximum atomic E-state index is 12.5. The molecule has 0 spiro atoms. The van der Waals surface area contributed by atoms with Crippen LogP contribution >= 0.6 is 39.1 Å². The lowest BCUT2D eigenvalue weighted by Crippen LogP contribution is -2.18. The number of hydrogen-bond donors (Lipinski definition) is 1. The predicted octanol–water partition coefficient (Wildman–Crippen LogP) is 6.12. The second-order valence-electron chi connectivity index (χ2n) is 6.46. The van der Waals surface area contributed by atoms with E-state index in [0.29, 0.717) is 38.4 Å². The zero-order valence-corrected chi connectivity index (χ0v) is 20.3. The van der Waals surface area contributed by atoms with Crippen LogP contribution in [0.3, 0.4) is 0 Å². The van der Waals surface area contributed by atoms with Crippen molar-refractivity contribution in [3.63, 3.8) is 0 Å². The molecule has 3 rings (SSSR count). The van der Waals surface area contributed by atoms with Gasteiger partial charge in [0.05, 0.1) is 36.0 Å². The van der Waals surface area contributed by atoms with Crippen molar-refractivity contribution >= 4 is 51.3 Å². The summed E-state index contributed by atoms with van der Waals surface area (Å²) in [5.41, 5.74) is 4.30. The monoisotopic (exact) mass is 536 g/mol. The van der Waals surface area contributed by atoms with E-state index in [1.807, 2.05) is 6.07 Å². The van der Waals surface area contributed by atoms with E-state index >= 15 is 0 Å². The molecule has 0 unspecified atom stereocenters. The Labute approximate surface area is 204 Å². The molecular formula is C23H19BrCl2N2O4. The van der Waals surface area contributed by atoms with Gasteiger partial charge in [-0.25, -0.2) is 5.43 Å². The third-order valence-electron chi connectivity index (χ3n) is 4.37. The smallest absolute Gasteiger partial charge is 0.275 e. The zero-order chi connectivity index (χ0) is 23.1. The highest BCUT2D eigenvalue weighted by Gasteiger charge is 2.13. The van der Waals surface area contributed by atoms with Gasteiger partial charge in [0.25, 0.3) is 5.91 Å². The number of amides is 1. The van der Waals surface area contributed by atoms with E-state index in [-0.39, 0.29) is 6.61 Å². The maximum Gasteiger partial charge on any atom is 0.275 e. The van der Waals surface area contributed by atoms with Crippen LogP contribution in [0, 0.1) is 0 Å². The van der Waals surface area contributed by atoms with Crippen LogP contribution in [0.4, 0.5) is 0 Å². The first-order chi connectivity index (χ1) is 15.4. The van der Waals surface area contributed by atoms with Gasteiger partial charge in [0, 0.05) is 10.0 Å². The molecule has 166 valence electrons. The van der Waals surface area contributed by atoms with Crippen molar-refractivity contribution in [2.75, 3.05) is 14.2 Å². The molecule has 0 aromatic heterocycles. The topological polar surface area (TPSA) is 69.2 Å². The Kier molecular flexibility index (Phi) is 8.39. The highest BCUT2D eigenvalue weighted by molar-refractivity contribution is 9.10. The van der Waals surface area contributed by atoms with Crippen LogP contribution in [0.5, 0.6) is 17.2 Å². The lowest BCUT2D eigenvalue weighted by Gasteiger charge is -2.13. The van der Waals surface area contributed by atoms with Gasteiger partial charge in [-0.1, -0.05) is 51.3 Å². The SMILES string of the molecule is COc1ccc(Br)cc1C(=O)N/N=C\c1cccc(OC)c1OCc1ccc(Cl)c(Cl)c1. The summed E-state index contributed by atoms with van der Waals surface area (Å²) in [5, 5.41) is 4.99. The standard InChI is InChI=1S/C23H19BrCl2N2O4/c1-30-20-9-7-16(24)11-17(20)23(29)28-27-12-15-4-3-5-21(31-2)22(15)32-13-14-6-8-18(25)19(26)10-14/h3-12H,13H2,1-2H3,(H,28,29)/b27-12-. The Morgan fingerprint density at radius 1 is 1.03 bits per heavy atom. The fourth-order valence-electron chi connectivity index (χ4n) is 2.81. The van der Waals surface area contributed by atoms with Crippen molar-refractivity contribution in [3.8, 4) is 17.2 Å². The summed E-state index contributed by atoms with van der Waals surface area (Å²) in [6, 6.07) is 15.8. The van der Waals surface area contributed by atoms with Gasteiger partial charge < -0.3 is 14.2 Å². The molecule has 32 heavy (non-hydrogen) atoms. The molecule has 0 aliphatic rings. The Balaban J connectivity index is 1.77. The van der Waals surface area contributed by atoms with Crippen LogP contribution < -0.4 is 19.6 Å². The molecule has 3 aromatic rings. The van der Waals surface area contributed by atoms with Gasteiger partial charge in [-0.05, 0) is 48.0 Å². The number of halogens is 3.